The molecule has 3 N–H and O–H groups in total. The maximum atomic E-state index is 15.2. The predicted molar refractivity (Wildman–Crippen MR) is 113 cm³/mol. The van der Waals surface area contributed by atoms with Crippen LogP contribution in [0.1, 0.15) is 26.2 Å². The number of fused-ring (bicyclic) bond motifs is 2. The molecule has 2 aromatic heterocycles. The van der Waals surface area contributed by atoms with Crippen LogP contribution in [0.15, 0.2) is 43.0 Å². The molecule has 1 aromatic carbocycles. The number of aromatic hydroxyl groups is 1. The number of H-pyrrole nitrogens is 1. The summed E-state index contributed by atoms with van der Waals surface area (Å²) in [7, 11) is 1.88. The van der Waals surface area contributed by atoms with Gasteiger partial charge < -0.3 is 15.3 Å². The highest BCUT2D eigenvalue weighted by Crippen LogP contribution is 2.40. The van der Waals surface area contributed by atoms with Gasteiger partial charge in [-0.1, -0.05) is 6.07 Å². The van der Waals surface area contributed by atoms with Gasteiger partial charge in [-0.05, 0) is 43.9 Å². The van der Waals surface area contributed by atoms with Gasteiger partial charge in [-0.25, -0.2) is 9.37 Å². The van der Waals surface area contributed by atoms with Crippen molar-refractivity contribution in [3.05, 3.63) is 43.0 Å². The first kappa shape index (κ1) is 19.0. The molecule has 8 heteroatoms. The van der Waals surface area contributed by atoms with Crippen LogP contribution in [0.4, 0.5) is 10.2 Å². The van der Waals surface area contributed by atoms with Gasteiger partial charge >= 0.3 is 0 Å². The quantitative estimate of drug-likeness (QED) is 0.614. The highest BCUT2D eigenvalue weighted by atomic mass is 19.1. The monoisotopic (exact) mass is 408 g/mol. The number of halogens is 1. The molecule has 2 bridgehead atoms. The van der Waals surface area contributed by atoms with Crippen molar-refractivity contribution in [3.8, 4) is 28.1 Å². The minimum atomic E-state index is -0.970. The summed E-state index contributed by atoms with van der Waals surface area (Å²) < 4.78 is 15.2. The molecule has 0 saturated carbocycles. The van der Waals surface area contributed by atoms with Crippen molar-refractivity contribution in [2.45, 2.75) is 50.0 Å². The summed E-state index contributed by atoms with van der Waals surface area (Å²) in [5, 5.41) is 20.6. The number of benzene rings is 1. The fourth-order valence-electron chi connectivity index (χ4n) is 4.82. The average molecular weight is 408 g/mol. The Morgan fingerprint density at radius 1 is 1.20 bits per heavy atom. The van der Waals surface area contributed by atoms with E-state index in [9.17, 15) is 5.11 Å². The summed E-state index contributed by atoms with van der Waals surface area (Å²) in [4.78, 5) is 10.9. The number of aromatic nitrogens is 4. The average Bonchev–Trinajstić information content (AvgIpc) is 3.40. The second kappa shape index (κ2) is 7.05. The Morgan fingerprint density at radius 3 is 2.77 bits per heavy atom. The molecular formula is C22H25FN6O. The van der Waals surface area contributed by atoms with Crippen molar-refractivity contribution < 1.29 is 9.50 Å². The van der Waals surface area contributed by atoms with Crippen LogP contribution in [-0.4, -0.2) is 56.1 Å². The molecule has 0 amide bonds. The van der Waals surface area contributed by atoms with E-state index in [0.717, 1.165) is 30.4 Å². The maximum Gasteiger partial charge on any atom is 0.147 e. The second-order valence-electron chi connectivity index (χ2n) is 8.59. The molecule has 2 aliphatic heterocycles. The normalized spacial score (nSPS) is 27.9. The summed E-state index contributed by atoms with van der Waals surface area (Å²) in [5.41, 5.74) is 2.46. The second-order valence-corrected chi connectivity index (χ2v) is 8.59. The summed E-state index contributed by atoms with van der Waals surface area (Å²) in [6, 6.07) is 5.52. The number of phenolic OH excluding ortho intramolecular Hbond substituents is 1. The Labute approximate surface area is 174 Å². The lowest BCUT2D eigenvalue weighted by Gasteiger charge is -2.44. The van der Waals surface area contributed by atoms with Gasteiger partial charge in [-0.2, -0.15) is 5.10 Å². The number of hydrogen-bond acceptors (Lipinski definition) is 6. The molecule has 2 aliphatic rings. The molecule has 0 unspecified atom stereocenters. The first-order valence-electron chi connectivity index (χ1n) is 10.2. The third kappa shape index (κ3) is 3.11. The highest BCUT2D eigenvalue weighted by molar-refractivity contribution is 5.73. The molecule has 4 atom stereocenters. The van der Waals surface area contributed by atoms with E-state index in [0.29, 0.717) is 23.1 Å². The van der Waals surface area contributed by atoms with Gasteiger partial charge in [0, 0.05) is 36.0 Å². The molecular weight excluding hydrogens is 383 g/mol. The maximum absolute atomic E-state index is 15.2. The molecule has 30 heavy (non-hydrogen) atoms. The van der Waals surface area contributed by atoms with Gasteiger partial charge in [0.15, 0.2) is 0 Å². The Kier molecular flexibility index (Phi) is 4.47. The molecule has 5 rings (SSSR count). The first-order valence-corrected chi connectivity index (χ1v) is 10.2. The smallest absolute Gasteiger partial charge is 0.147 e. The lowest BCUT2D eigenvalue weighted by molar-refractivity contribution is 0.111. The molecule has 2 saturated heterocycles. The van der Waals surface area contributed by atoms with E-state index >= 15 is 4.39 Å². The largest absolute Gasteiger partial charge is 0.507 e. The van der Waals surface area contributed by atoms with Crippen LogP contribution in [0.3, 0.4) is 0 Å². The molecule has 0 aliphatic carbocycles. The van der Waals surface area contributed by atoms with E-state index in [1.165, 1.54) is 0 Å². The topological polar surface area (TPSA) is 90.0 Å². The number of piperidine rings is 1. The number of nitrogens with one attached hydrogen (secondary N) is 2. The van der Waals surface area contributed by atoms with E-state index in [-0.39, 0.29) is 11.8 Å². The van der Waals surface area contributed by atoms with Crippen LogP contribution in [-0.2, 0) is 0 Å². The van der Waals surface area contributed by atoms with Crippen LogP contribution in [0.5, 0.6) is 5.75 Å². The Morgan fingerprint density at radius 2 is 2.07 bits per heavy atom. The summed E-state index contributed by atoms with van der Waals surface area (Å²) >= 11 is 0. The molecule has 3 aromatic rings. The Bertz CT molecular complexity index is 1040. The summed E-state index contributed by atoms with van der Waals surface area (Å²) in [6.45, 7) is 1.97. The van der Waals surface area contributed by atoms with Gasteiger partial charge in [0.25, 0.3) is 0 Å². The van der Waals surface area contributed by atoms with Crippen molar-refractivity contribution in [3.63, 3.8) is 0 Å². The van der Waals surface area contributed by atoms with Gasteiger partial charge in [0.1, 0.15) is 17.7 Å². The van der Waals surface area contributed by atoms with Crippen molar-refractivity contribution in [2.75, 3.05) is 11.9 Å². The van der Waals surface area contributed by atoms with E-state index < -0.39 is 11.7 Å². The summed E-state index contributed by atoms with van der Waals surface area (Å²) in [6.07, 6.45) is 8.41. The van der Waals surface area contributed by atoms with Crippen LogP contribution in [0, 0.1) is 0 Å². The van der Waals surface area contributed by atoms with Gasteiger partial charge in [0.2, 0.25) is 0 Å². The van der Waals surface area contributed by atoms with Crippen LogP contribution in [0.2, 0.25) is 0 Å². The number of nitrogens with zero attached hydrogens (tertiary/aromatic N) is 4. The number of aromatic amines is 1. The number of anilines is 1. The van der Waals surface area contributed by atoms with E-state index in [2.05, 4.69) is 25.5 Å². The zero-order valence-corrected chi connectivity index (χ0v) is 17.0. The van der Waals surface area contributed by atoms with Crippen molar-refractivity contribution in [1.82, 2.24) is 25.5 Å². The molecule has 0 radical (unpaired) electrons. The summed E-state index contributed by atoms with van der Waals surface area (Å²) in [5.74, 6) is 0.751. The Balaban J connectivity index is 1.37. The van der Waals surface area contributed by atoms with Crippen molar-refractivity contribution in [2.24, 2.45) is 0 Å². The van der Waals surface area contributed by atoms with Crippen molar-refractivity contribution in [1.29, 1.82) is 0 Å². The van der Waals surface area contributed by atoms with Gasteiger partial charge in [-0.3, -0.25) is 10.1 Å². The lowest BCUT2D eigenvalue weighted by atomic mass is 9.86. The van der Waals surface area contributed by atoms with Crippen LogP contribution >= 0.6 is 0 Å². The van der Waals surface area contributed by atoms with Gasteiger partial charge in [-0.15, -0.1) is 0 Å². The molecule has 4 heterocycles. The van der Waals surface area contributed by atoms with Crippen LogP contribution < -0.4 is 10.2 Å². The third-order valence-corrected chi connectivity index (χ3v) is 6.62. The predicted octanol–water partition coefficient (Wildman–Crippen LogP) is 3.30. The first-order chi connectivity index (χ1) is 14.4. The van der Waals surface area contributed by atoms with E-state index in [1.807, 2.05) is 31.0 Å². The zero-order chi connectivity index (χ0) is 20.9. The highest BCUT2D eigenvalue weighted by Gasteiger charge is 2.51. The fourth-order valence-corrected chi connectivity index (χ4v) is 4.82. The number of alkyl halides is 1. The molecule has 7 nitrogen and oxygen atoms in total. The van der Waals surface area contributed by atoms with Crippen LogP contribution in [0.25, 0.3) is 22.4 Å². The molecule has 2 fully saturated rings. The number of rotatable bonds is 4. The molecule has 0 spiro atoms. The Hall–Kier alpha value is -3.00. The lowest BCUT2D eigenvalue weighted by Crippen LogP contribution is -2.62. The fraction of sp³-hybridized carbons (Fsp3) is 0.409. The minimum absolute atomic E-state index is 0.121. The minimum Gasteiger partial charge on any atom is -0.507 e. The standard InChI is InChI=1S/C22H25FN6O/c1-22-6-5-15(28-22)8-18(21(22)23)29(2)20-12-24-17(11-25-20)16-4-3-13(7-19(16)30)14-9-26-27-10-14/h3-4,7,9-12,15,18,21,28,30H,5-6,8H2,1-2H3,(H,26,27)/t15-,18-,21-,22+/m1/s1. The van der Waals surface area contributed by atoms with E-state index in [1.54, 1.807) is 30.9 Å². The zero-order valence-electron chi connectivity index (χ0n) is 17.0. The van der Waals surface area contributed by atoms with Crippen molar-refractivity contribution >= 4 is 5.82 Å². The number of hydrogen-bond donors (Lipinski definition) is 3. The SMILES string of the molecule is CN(c1cnc(-c2ccc(-c3cn[nH]c3)cc2O)cn1)[C@@H]1C[C@H]2CC[C@](C)(N2)[C@@H]1F. The number of phenols is 1. The third-order valence-electron chi connectivity index (χ3n) is 6.62. The van der Waals surface area contributed by atoms with Gasteiger partial charge in [0.05, 0.1) is 30.3 Å². The van der Waals surface area contributed by atoms with E-state index in [4.69, 9.17) is 0 Å². The molecule has 156 valence electrons.